The van der Waals surface area contributed by atoms with E-state index in [-0.39, 0.29) is 16.1 Å². The quantitative estimate of drug-likeness (QED) is 0.612. The Hall–Kier alpha value is -1.74. The molecule has 0 atom stereocenters. The van der Waals surface area contributed by atoms with Crippen LogP contribution in [-0.4, -0.2) is 34.5 Å². The normalized spacial score (nSPS) is 11.6. The second-order valence-electron chi connectivity index (χ2n) is 3.49. The summed E-state index contributed by atoms with van der Waals surface area (Å²) in [5.74, 6) is -0.684. The van der Waals surface area contributed by atoms with Crippen molar-refractivity contribution in [2.24, 2.45) is 0 Å². The molecule has 0 fully saturated rings. The molecule has 0 spiro atoms. The minimum absolute atomic E-state index is 0.0628. The fourth-order valence-corrected chi connectivity index (χ4v) is 2.41. The Kier molecular flexibility index (Phi) is 4.78. The second kappa shape index (κ2) is 5.93. The molecule has 9 heteroatoms. The third kappa shape index (κ3) is 3.86. The van der Waals surface area contributed by atoms with E-state index in [1.165, 1.54) is 6.07 Å². The summed E-state index contributed by atoms with van der Waals surface area (Å²) in [6.45, 7) is -1.01. The molecule has 0 saturated heterocycles. The average Bonchev–Trinajstić information content (AvgIpc) is 2.35. The smallest absolute Gasteiger partial charge is 0.337 e. The van der Waals surface area contributed by atoms with Gasteiger partial charge in [-0.15, -0.1) is 0 Å². The van der Waals surface area contributed by atoms with Crippen LogP contribution in [0.2, 0.25) is 0 Å². The van der Waals surface area contributed by atoms with Crippen LogP contribution >= 0.6 is 0 Å². The number of carbonyl (C=O) groups excluding carboxylic acids is 1. The fraction of sp³-hybridized carbons (Fsp3) is 0.300. The van der Waals surface area contributed by atoms with Gasteiger partial charge in [0, 0.05) is 0 Å². The lowest BCUT2D eigenvalue weighted by atomic mass is 10.2. The van der Waals surface area contributed by atoms with Crippen LogP contribution < -0.4 is 10.5 Å². The number of halogens is 2. The van der Waals surface area contributed by atoms with Crippen molar-refractivity contribution in [1.29, 1.82) is 0 Å². The summed E-state index contributed by atoms with van der Waals surface area (Å²) in [4.78, 5) is 10.8. The predicted molar refractivity (Wildman–Crippen MR) is 63.4 cm³/mol. The van der Waals surface area contributed by atoms with E-state index in [4.69, 9.17) is 5.73 Å². The maximum atomic E-state index is 12.0. The summed E-state index contributed by atoms with van der Waals surface area (Å²) in [6, 6.07) is 3.33. The van der Waals surface area contributed by atoms with E-state index in [2.05, 4.69) is 4.74 Å². The largest absolute Gasteiger partial charge is 0.465 e. The van der Waals surface area contributed by atoms with Gasteiger partial charge in [0.15, 0.2) is 0 Å². The number of sulfonamides is 1. The summed E-state index contributed by atoms with van der Waals surface area (Å²) in [6.07, 6.45) is -2.81. The molecule has 19 heavy (non-hydrogen) atoms. The predicted octanol–water partition coefficient (Wildman–Crippen LogP) is 0.599. The van der Waals surface area contributed by atoms with Crippen molar-refractivity contribution in [3.05, 3.63) is 23.8 Å². The fourth-order valence-electron chi connectivity index (χ4n) is 1.29. The molecule has 0 aliphatic rings. The third-order valence-corrected chi connectivity index (χ3v) is 3.65. The molecule has 0 bridgehead atoms. The zero-order valence-corrected chi connectivity index (χ0v) is 10.7. The van der Waals surface area contributed by atoms with Crippen LogP contribution in [0.15, 0.2) is 23.1 Å². The van der Waals surface area contributed by atoms with Gasteiger partial charge in [-0.05, 0) is 18.2 Å². The van der Waals surface area contributed by atoms with Crippen LogP contribution in [0.5, 0.6) is 0 Å². The first-order chi connectivity index (χ1) is 8.77. The van der Waals surface area contributed by atoms with E-state index < -0.39 is 29.0 Å². The minimum Gasteiger partial charge on any atom is -0.465 e. The van der Waals surface area contributed by atoms with Crippen molar-refractivity contribution in [3.63, 3.8) is 0 Å². The SMILES string of the molecule is COC(=O)c1ccc(S(=O)(=O)NCC(F)F)c(N)c1. The lowest BCUT2D eigenvalue weighted by molar-refractivity contribution is 0.0600. The molecular weight excluding hydrogens is 282 g/mol. The molecule has 0 aliphatic carbocycles. The van der Waals surface area contributed by atoms with Crippen LogP contribution in [0, 0.1) is 0 Å². The second-order valence-corrected chi connectivity index (χ2v) is 5.22. The van der Waals surface area contributed by atoms with Gasteiger partial charge < -0.3 is 10.5 Å². The van der Waals surface area contributed by atoms with Crippen LogP contribution in [0.3, 0.4) is 0 Å². The van der Waals surface area contributed by atoms with E-state index >= 15 is 0 Å². The van der Waals surface area contributed by atoms with E-state index in [0.29, 0.717) is 0 Å². The maximum absolute atomic E-state index is 12.0. The van der Waals surface area contributed by atoms with Gasteiger partial charge in [-0.25, -0.2) is 26.7 Å². The molecule has 1 aromatic rings. The highest BCUT2D eigenvalue weighted by atomic mass is 32.2. The first-order valence-electron chi connectivity index (χ1n) is 5.03. The van der Waals surface area contributed by atoms with Crippen molar-refractivity contribution >= 4 is 21.7 Å². The summed E-state index contributed by atoms with van der Waals surface area (Å²) in [5.41, 5.74) is 5.32. The van der Waals surface area contributed by atoms with Gasteiger partial charge in [0.2, 0.25) is 10.0 Å². The highest BCUT2D eigenvalue weighted by Gasteiger charge is 2.20. The van der Waals surface area contributed by atoms with Gasteiger partial charge in [-0.2, -0.15) is 0 Å². The molecule has 0 aliphatic heterocycles. The number of ether oxygens (including phenoxy) is 1. The van der Waals surface area contributed by atoms with Crippen molar-refractivity contribution in [2.45, 2.75) is 11.3 Å². The molecule has 0 aromatic heterocycles. The van der Waals surface area contributed by atoms with Crippen molar-refractivity contribution in [2.75, 3.05) is 19.4 Å². The van der Waals surface area contributed by atoms with Crippen LogP contribution in [-0.2, 0) is 14.8 Å². The molecule has 0 heterocycles. The van der Waals surface area contributed by atoms with Crippen LogP contribution in [0.4, 0.5) is 14.5 Å². The van der Waals surface area contributed by atoms with Crippen LogP contribution in [0.1, 0.15) is 10.4 Å². The van der Waals surface area contributed by atoms with Crippen molar-refractivity contribution in [3.8, 4) is 0 Å². The number of carbonyl (C=O) groups is 1. The van der Waals surface area contributed by atoms with E-state index in [1.807, 2.05) is 0 Å². The van der Waals surface area contributed by atoms with Gasteiger partial charge in [0.05, 0.1) is 24.9 Å². The van der Waals surface area contributed by atoms with E-state index in [9.17, 15) is 22.0 Å². The number of esters is 1. The number of nitrogen functional groups attached to an aromatic ring is 1. The van der Waals surface area contributed by atoms with Crippen LogP contribution in [0.25, 0.3) is 0 Å². The number of hydrogen-bond acceptors (Lipinski definition) is 5. The number of methoxy groups -OCH3 is 1. The molecule has 1 aromatic carbocycles. The zero-order chi connectivity index (χ0) is 14.6. The number of nitrogens with two attached hydrogens (primary N) is 1. The van der Waals surface area contributed by atoms with E-state index in [0.717, 1.165) is 19.2 Å². The Morgan fingerprint density at radius 2 is 2.11 bits per heavy atom. The molecule has 0 unspecified atom stereocenters. The number of rotatable bonds is 5. The Morgan fingerprint density at radius 3 is 2.58 bits per heavy atom. The number of anilines is 1. The number of nitrogens with one attached hydrogen (secondary N) is 1. The standard InChI is InChI=1S/C10H12F2N2O4S/c1-18-10(15)6-2-3-8(7(13)4-6)19(16,17)14-5-9(11)12/h2-4,9,14H,5,13H2,1H3. The summed E-state index contributed by atoms with van der Waals surface area (Å²) in [5, 5.41) is 0. The molecule has 0 radical (unpaired) electrons. The molecule has 106 valence electrons. The lowest BCUT2D eigenvalue weighted by Crippen LogP contribution is -2.29. The molecular formula is C10H12F2N2O4S. The summed E-state index contributed by atoms with van der Waals surface area (Å²) < 4.78 is 53.4. The molecule has 0 saturated carbocycles. The Bertz CT molecular complexity index is 575. The summed E-state index contributed by atoms with van der Waals surface area (Å²) in [7, 11) is -2.98. The summed E-state index contributed by atoms with van der Waals surface area (Å²) >= 11 is 0. The molecule has 1 rings (SSSR count). The maximum Gasteiger partial charge on any atom is 0.337 e. The first-order valence-corrected chi connectivity index (χ1v) is 6.52. The lowest BCUT2D eigenvalue weighted by Gasteiger charge is -2.09. The van der Waals surface area contributed by atoms with E-state index in [1.54, 1.807) is 4.72 Å². The topological polar surface area (TPSA) is 98.5 Å². The molecule has 0 amide bonds. The minimum atomic E-state index is -4.14. The Labute approximate surface area is 108 Å². The monoisotopic (exact) mass is 294 g/mol. The highest BCUT2D eigenvalue weighted by Crippen LogP contribution is 2.20. The number of hydrogen-bond donors (Lipinski definition) is 2. The molecule has 3 N–H and O–H groups in total. The highest BCUT2D eigenvalue weighted by molar-refractivity contribution is 7.89. The van der Waals surface area contributed by atoms with Gasteiger partial charge >= 0.3 is 5.97 Å². The van der Waals surface area contributed by atoms with Gasteiger partial charge in [-0.1, -0.05) is 0 Å². The third-order valence-electron chi connectivity index (χ3n) is 2.15. The van der Waals surface area contributed by atoms with Crippen molar-refractivity contribution in [1.82, 2.24) is 4.72 Å². The number of alkyl halides is 2. The van der Waals surface area contributed by atoms with Crippen molar-refractivity contribution < 1.29 is 26.7 Å². The van der Waals surface area contributed by atoms with Gasteiger partial charge in [0.1, 0.15) is 4.90 Å². The average molecular weight is 294 g/mol. The number of benzene rings is 1. The van der Waals surface area contributed by atoms with Gasteiger partial charge in [-0.3, -0.25) is 0 Å². The zero-order valence-electron chi connectivity index (χ0n) is 9.89. The first kappa shape index (κ1) is 15.3. The Balaban J connectivity index is 3.05. The Morgan fingerprint density at radius 1 is 1.47 bits per heavy atom. The van der Waals surface area contributed by atoms with Gasteiger partial charge in [0.25, 0.3) is 6.43 Å². The molecule has 6 nitrogen and oxygen atoms in total.